The zero-order valence-electron chi connectivity index (χ0n) is 11.4. The highest BCUT2D eigenvalue weighted by Gasteiger charge is 2.25. The standard InChI is InChI=1S/C13H24N4O/c1-17(2)8-7-12-15-13(18-16-12)11-5-3-10(9-14)4-6-11/h10-11H,3-9,14H2,1-2H3. The molecule has 0 aromatic carbocycles. The van der Waals surface area contributed by atoms with Gasteiger partial charge in [-0.15, -0.1) is 0 Å². The number of hydrogen-bond donors (Lipinski definition) is 1. The van der Waals surface area contributed by atoms with Crippen LogP contribution in [0.4, 0.5) is 0 Å². The normalized spacial score (nSPS) is 24.7. The lowest BCUT2D eigenvalue weighted by Gasteiger charge is -2.24. The molecule has 0 amide bonds. The summed E-state index contributed by atoms with van der Waals surface area (Å²) in [7, 11) is 4.10. The summed E-state index contributed by atoms with van der Waals surface area (Å²) in [5.41, 5.74) is 5.70. The molecule has 5 heteroatoms. The Morgan fingerprint density at radius 3 is 2.61 bits per heavy atom. The minimum absolute atomic E-state index is 0.452. The lowest BCUT2D eigenvalue weighted by molar-refractivity contribution is 0.273. The molecule has 1 aromatic rings. The first-order valence-corrected chi connectivity index (χ1v) is 6.86. The average molecular weight is 252 g/mol. The van der Waals surface area contributed by atoms with Crippen LogP contribution in [0.3, 0.4) is 0 Å². The van der Waals surface area contributed by atoms with E-state index in [1.54, 1.807) is 0 Å². The molecule has 0 radical (unpaired) electrons. The number of aromatic nitrogens is 2. The van der Waals surface area contributed by atoms with Crippen LogP contribution in [0.15, 0.2) is 4.52 Å². The Balaban J connectivity index is 1.86. The monoisotopic (exact) mass is 252 g/mol. The van der Waals surface area contributed by atoms with Gasteiger partial charge in [0, 0.05) is 18.9 Å². The lowest BCUT2D eigenvalue weighted by Crippen LogP contribution is -2.20. The molecule has 0 bridgehead atoms. The van der Waals surface area contributed by atoms with Gasteiger partial charge in [-0.05, 0) is 52.2 Å². The van der Waals surface area contributed by atoms with Crippen LogP contribution in [0.5, 0.6) is 0 Å². The van der Waals surface area contributed by atoms with E-state index < -0.39 is 0 Å². The maximum atomic E-state index is 5.70. The van der Waals surface area contributed by atoms with Crippen molar-refractivity contribution in [1.29, 1.82) is 0 Å². The Morgan fingerprint density at radius 2 is 2.00 bits per heavy atom. The summed E-state index contributed by atoms with van der Waals surface area (Å²) >= 11 is 0. The fourth-order valence-corrected chi connectivity index (χ4v) is 2.50. The molecular weight excluding hydrogens is 228 g/mol. The van der Waals surface area contributed by atoms with Gasteiger partial charge in [-0.1, -0.05) is 5.16 Å². The van der Waals surface area contributed by atoms with Crippen LogP contribution in [0.1, 0.15) is 43.3 Å². The quantitative estimate of drug-likeness (QED) is 0.858. The predicted octanol–water partition coefficient (Wildman–Crippen LogP) is 1.41. The van der Waals surface area contributed by atoms with Gasteiger partial charge >= 0.3 is 0 Å². The molecule has 1 aromatic heterocycles. The Morgan fingerprint density at radius 1 is 1.28 bits per heavy atom. The Hall–Kier alpha value is -0.940. The summed E-state index contributed by atoms with van der Waals surface area (Å²) in [5.74, 6) is 2.81. The minimum Gasteiger partial charge on any atom is -0.339 e. The van der Waals surface area contributed by atoms with E-state index in [-0.39, 0.29) is 0 Å². The molecule has 0 spiro atoms. The van der Waals surface area contributed by atoms with Gasteiger partial charge in [-0.3, -0.25) is 0 Å². The molecule has 2 rings (SSSR count). The summed E-state index contributed by atoms with van der Waals surface area (Å²) in [5, 5.41) is 4.07. The van der Waals surface area contributed by atoms with Crippen LogP contribution < -0.4 is 5.73 Å². The van der Waals surface area contributed by atoms with Crippen molar-refractivity contribution in [2.24, 2.45) is 11.7 Å². The number of nitrogens with two attached hydrogens (primary N) is 1. The van der Waals surface area contributed by atoms with Crippen LogP contribution in [0.2, 0.25) is 0 Å². The molecule has 1 heterocycles. The van der Waals surface area contributed by atoms with Crippen LogP contribution in [0, 0.1) is 5.92 Å². The molecule has 0 aliphatic heterocycles. The summed E-state index contributed by atoms with van der Waals surface area (Å²) in [6.07, 6.45) is 5.51. The van der Waals surface area contributed by atoms with E-state index in [1.165, 1.54) is 12.8 Å². The fraction of sp³-hybridized carbons (Fsp3) is 0.846. The largest absolute Gasteiger partial charge is 0.339 e. The molecule has 1 aliphatic rings. The Kier molecular flexibility index (Phi) is 4.72. The second kappa shape index (κ2) is 6.29. The van der Waals surface area contributed by atoms with Gasteiger partial charge in [-0.2, -0.15) is 4.98 Å². The van der Waals surface area contributed by atoms with Crippen LogP contribution in [-0.2, 0) is 6.42 Å². The molecule has 18 heavy (non-hydrogen) atoms. The van der Waals surface area contributed by atoms with Crippen molar-refractivity contribution in [3.05, 3.63) is 11.7 Å². The van der Waals surface area contributed by atoms with Gasteiger partial charge in [0.15, 0.2) is 5.82 Å². The van der Waals surface area contributed by atoms with Crippen molar-refractivity contribution in [3.8, 4) is 0 Å². The van der Waals surface area contributed by atoms with E-state index in [0.717, 1.165) is 44.1 Å². The highest BCUT2D eigenvalue weighted by molar-refractivity contribution is 4.96. The van der Waals surface area contributed by atoms with E-state index in [4.69, 9.17) is 10.3 Å². The smallest absolute Gasteiger partial charge is 0.229 e. The van der Waals surface area contributed by atoms with Crippen LogP contribution >= 0.6 is 0 Å². The van der Waals surface area contributed by atoms with Gasteiger partial charge < -0.3 is 15.2 Å². The summed E-state index contributed by atoms with van der Waals surface area (Å²) in [6.45, 7) is 1.77. The fourth-order valence-electron chi connectivity index (χ4n) is 2.50. The Labute approximate surface area is 109 Å². The van der Waals surface area contributed by atoms with Crippen molar-refractivity contribution >= 4 is 0 Å². The van der Waals surface area contributed by atoms with Crippen molar-refractivity contribution < 1.29 is 4.52 Å². The molecule has 1 aliphatic carbocycles. The molecule has 1 fully saturated rings. The van der Waals surface area contributed by atoms with Gasteiger partial charge in [0.25, 0.3) is 0 Å². The van der Waals surface area contributed by atoms with E-state index in [0.29, 0.717) is 11.8 Å². The number of hydrogen-bond acceptors (Lipinski definition) is 5. The van der Waals surface area contributed by atoms with Gasteiger partial charge in [0.2, 0.25) is 5.89 Å². The molecule has 5 nitrogen and oxygen atoms in total. The SMILES string of the molecule is CN(C)CCc1noc(C2CCC(CN)CC2)n1. The molecule has 1 saturated carbocycles. The third-order valence-electron chi connectivity index (χ3n) is 3.80. The van der Waals surface area contributed by atoms with E-state index in [1.807, 2.05) is 0 Å². The Bertz CT molecular complexity index is 356. The van der Waals surface area contributed by atoms with Crippen molar-refractivity contribution in [3.63, 3.8) is 0 Å². The van der Waals surface area contributed by atoms with E-state index in [9.17, 15) is 0 Å². The molecule has 102 valence electrons. The first-order valence-electron chi connectivity index (χ1n) is 6.86. The topological polar surface area (TPSA) is 68.2 Å². The predicted molar refractivity (Wildman–Crippen MR) is 70.3 cm³/mol. The molecule has 2 N–H and O–H groups in total. The number of likely N-dealkylation sites (N-methyl/N-ethyl adjacent to an activating group) is 1. The minimum atomic E-state index is 0.452. The summed E-state index contributed by atoms with van der Waals surface area (Å²) < 4.78 is 5.39. The van der Waals surface area contributed by atoms with Crippen molar-refractivity contribution in [2.45, 2.75) is 38.0 Å². The second-order valence-electron chi connectivity index (χ2n) is 5.56. The van der Waals surface area contributed by atoms with Gasteiger partial charge in [0.1, 0.15) is 0 Å². The first kappa shape index (κ1) is 13.5. The highest BCUT2D eigenvalue weighted by atomic mass is 16.5. The molecular formula is C13H24N4O. The number of nitrogens with zero attached hydrogens (tertiary/aromatic N) is 3. The second-order valence-corrected chi connectivity index (χ2v) is 5.56. The van der Waals surface area contributed by atoms with E-state index in [2.05, 4.69) is 29.1 Å². The van der Waals surface area contributed by atoms with Gasteiger partial charge in [-0.25, -0.2) is 0 Å². The maximum Gasteiger partial charge on any atom is 0.229 e. The zero-order chi connectivity index (χ0) is 13.0. The maximum absolute atomic E-state index is 5.70. The highest BCUT2D eigenvalue weighted by Crippen LogP contribution is 2.34. The summed E-state index contributed by atoms with van der Waals surface area (Å²) in [6, 6.07) is 0. The molecule has 0 atom stereocenters. The molecule has 0 unspecified atom stereocenters. The summed E-state index contributed by atoms with van der Waals surface area (Å²) in [4.78, 5) is 6.65. The molecule has 0 saturated heterocycles. The van der Waals surface area contributed by atoms with Crippen LogP contribution in [0.25, 0.3) is 0 Å². The zero-order valence-corrected chi connectivity index (χ0v) is 11.4. The van der Waals surface area contributed by atoms with Crippen LogP contribution in [-0.4, -0.2) is 42.2 Å². The van der Waals surface area contributed by atoms with Gasteiger partial charge in [0.05, 0.1) is 0 Å². The number of rotatable bonds is 5. The average Bonchev–Trinajstić information content (AvgIpc) is 2.85. The first-order chi connectivity index (χ1) is 8.69. The lowest BCUT2D eigenvalue weighted by atomic mass is 9.82. The van der Waals surface area contributed by atoms with E-state index >= 15 is 0 Å². The third-order valence-corrected chi connectivity index (χ3v) is 3.80. The van der Waals surface area contributed by atoms with Crippen molar-refractivity contribution in [2.75, 3.05) is 27.2 Å². The third kappa shape index (κ3) is 3.53. The van der Waals surface area contributed by atoms with Crippen molar-refractivity contribution in [1.82, 2.24) is 15.0 Å².